The van der Waals surface area contributed by atoms with E-state index in [1.807, 2.05) is 36.4 Å². The highest BCUT2D eigenvalue weighted by molar-refractivity contribution is 7.81. The van der Waals surface area contributed by atoms with Crippen molar-refractivity contribution in [2.45, 2.75) is 11.7 Å². The summed E-state index contributed by atoms with van der Waals surface area (Å²) in [6, 6.07) is 16.4. The van der Waals surface area contributed by atoms with Gasteiger partial charge in [-0.15, -0.1) is 0 Å². The van der Waals surface area contributed by atoms with Crippen LogP contribution in [0, 0.1) is 11.3 Å². The fourth-order valence-corrected chi connectivity index (χ4v) is 2.28. The first-order valence-electron chi connectivity index (χ1n) is 6.32. The van der Waals surface area contributed by atoms with Crippen molar-refractivity contribution in [3.63, 3.8) is 0 Å². The highest BCUT2D eigenvalue weighted by Crippen LogP contribution is 2.23. The van der Waals surface area contributed by atoms with E-state index in [1.165, 1.54) is 0 Å². The number of carbonyl (C=O) groups is 1. The van der Waals surface area contributed by atoms with Gasteiger partial charge >= 0.3 is 0 Å². The molecule has 1 amide bonds. The predicted octanol–water partition coefficient (Wildman–Crippen LogP) is 3.69. The molecule has 2 aromatic carbocycles. The van der Waals surface area contributed by atoms with Gasteiger partial charge < -0.3 is 5.32 Å². The summed E-state index contributed by atoms with van der Waals surface area (Å²) in [5, 5.41) is 11.5. The van der Waals surface area contributed by atoms with Crippen LogP contribution in [0.1, 0.15) is 11.1 Å². The molecule has 0 aromatic heterocycles. The molecule has 21 heavy (non-hydrogen) atoms. The summed E-state index contributed by atoms with van der Waals surface area (Å²) < 4.78 is 0. The van der Waals surface area contributed by atoms with Crippen molar-refractivity contribution >= 4 is 35.8 Å². The van der Waals surface area contributed by atoms with Crippen LogP contribution < -0.4 is 5.32 Å². The van der Waals surface area contributed by atoms with E-state index in [9.17, 15) is 4.79 Å². The summed E-state index contributed by atoms with van der Waals surface area (Å²) in [5.41, 5.74) is 1.89. The van der Waals surface area contributed by atoms with Gasteiger partial charge in [-0.2, -0.15) is 17.9 Å². The molecule has 0 saturated heterocycles. The summed E-state index contributed by atoms with van der Waals surface area (Å²) in [6.45, 7) is 0. The number of hydrogen-bond acceptors (Lipinski definition) is 3. The molecular weight excluding hydrogens is 304 g/mol. The molecule has 0 fully saturated rings. The molecule has 0 aliphatic rings. The van der Waals surface area contributed by atoms with Crippen molar-refractivity contribution in [1.82, 2.24) is 0 Å². The van der Waals surface area contributed by atoms with Gasteiger partial charge in [0, 0.05) is 0 Å². The predicted molar refractivity (Wildman–Crippen MR) is 87.7 cm³/mol. The molecule has 0 aliphatic carbocycles. The molecule has 1 atom stereocenters. The standard InChI is InChI=1S/C16H13ClN2OS/c17-13-7-6-12(10-18)8-14(13)19-16(20)15(21)9-11-4-2-1-3-5-11/h1-8,15,21H,9H2,(H,19,20). The van der Waals surface area contributed by atoms with Crippen LogP contribution in [0.25, 0.3) is 0 Å². The quantitative estimate of drug-likeness (QED) is 0.845. The zero-order valence-corrected chi connectivity index (χ0v) is 12.7. The third kappa shape index (κ3) is 4.25. The molecule has 106 valence electrons. The summed E-state index contributed by atoms with van der Waals surface area (Å²) in [6.07, 6.45) is 0.519. The lowest BCUT2D eigenvalue weighted by molar-refractivity contribution is -0.115. The molecule has 0 heterocycles. The number of thiol groups is 1. The Bertz CT molecular complexity index is 682. The molecule has 0 radical (unpaired) electrons. The van der Waals surface area contributed by atoms with E-state index in [0.717, 1.165) is 5.56 Å². The van der Waals surface area contributed by atoms with Gasteiger partial charge in [0.1, 0.15) is 0 Å². The van der Waals surface area contributed by atoms with Crippen LogP contribution in [0.2, 0.25) is 5.02 Å². The van der Waals surface area contributed by atoms with Gasteiger partial charge in [-0.05, 0) is 30.2 Å². The smallest absolute Gasteiger partial charge is 0.237 e. The maximum absolute atomic E-state index is 12.1. The molecule has 5 heteroatoms. The van der Waals surface area contributed by atoms with Crippen molar-refractivity contribution in [3.05, 3.63) is 64.7 Å². The molecule has 0 saturated carbocycles. The number of benzene rings is 2. The van der Waals surface area contributed by atoms with Gasteiger partial charge in [-0.1, -0.05) is 41.9 Å². The Morgan fingerprint density at radius 3 is 2.67 bits per heavy atom. The Hall–Kier alpha value is -1.96. The first-order chi connectivity index (χ1) is 10.1. The van der Waals surface area contributed by atoms with Gasteiger partial charge in [0.25, 0.3) is 0 Å². The Balaban J connectivity index is 2.06. The first-order valence-corrected chi connectivity index (χ1v) is 7.22. The molecule has 0 bridgehead atoms. The molecule has 0 spiro atoms. The number of carbonyl (C=O) groups excluding carboxylic acids is 1. The van der Waals surface area contributed by atoms with Crippen molar-refractivity contribution in [2.24, 2.45) is 0 Å². The first kappa shape index (κ1) is 15.4. The minimum absolute atomic E-state index is 0.251. The molecule has 0 aliphatic heterocycles. The third-order valence-corrected chi connectivity index (χ3v) is 3.67. The topological polar surface area (TPSA) is 52.9 Å². The minimum Gasteiger partial charge on any atom is -0.324 e. The zero-order valence-electron chi connectivity index (χ0n) is 11.1. The average Bonchev–Trinajstić information content (AvgIpc) is 2.50. The van der Waals surface area contributed by atoms with Crippen LogP contribution in [0.5, 0.6) is 0 Å². The van der Waals surface area contributed by atoms with E-state index in [-0.39, 0.29) is 5.91 Å². The second-order valence-electron chi connectivity index (χ2n) is 4.50. The maximum Gasteiger partial charge on any atom is 0.237 e. The Morgan fingerprint density at radius 2 is 2.00 bits per heavy atom. The van der Waals surface area contributed by atoms with Crippen LogP contribution in [-0.4, -0.2) is 11.2 Å². The van der Waals surface area contributed by atoms with Crippen molar-refractivity contribution in [1.29, 1.82) is 5.26 Å². The monoisotopic (exact) mass is 316 g/mol. The van der Waals surface area contributed by atoms with E-state index in [4.69, 9.17) is 16.9 Å². The van der Waals surface area contributed by atoms with E-state index >= 15 is 0 Å². The van der Waals surface area contributed by atoms with Crippen molar-refractivity contribution in [3.8, 4) is 6.07 Å². The Kier molecular flexibility index (Phi) is 5.26. The van der Waals surface area contributed by atoms with Crippen LogP contribution in [0.3, 0.4) is 0 Å². The van der Waals surface area contributed by atoms with Gasteiger partial charge in [-0.25, -0.2) is 0 Å². The van der Waals surface area contributed by atoms with Gasteiger partial charge in [0.2, 0.25) is 5.91 Å². The number of nitrogens with zero attached hydrogens (tertiary/aromatic N) is 1. The van der Waals surface area contributed by atoms with Crippen LogP contribution in [-0.2, 0) is 11.2 Å². The highest BCUT2D eigenvalue weighted by Gasteiger charge is 2.16. The average molecular weight is 317 g/mol. The largest absolute Gasteiger partial charge is 0.324 e. The lowest BCUT2D eigenvalue weighted by Gasteiger charge is -2.13. The molecule has 1 unspecified atom stereocenters. The summed E-state index contributed by atoms with van der Waals surface area (Å²) in [7, 11) is 0. The van der Waals surface area contributed by atoms with E-state index in [1.54, 1.807) is 18.2 Å². The molecule has 1 N–H and O–H groups in total. The summed E-state index contributed by atoms with van der Waals surface area (Å²) in [5.74, 6) is -0.251. The third-order valence-electron chi connectivity index (χ3n) is 2.93. The van der Waals surface area contributed by atoms with E-state index in [2.05, 4.69) is 17.9 Å². The highest BCUT2D eigenvalue weighted by atomic mass is 35.5. The number of nitrogens with one attached hydrogen (secondary N) is 1. The maximum atomic E-state index is 12.1. The number of anilines is 1. The molecular formula is C16H13ClN2OS. The lowest BCUT2D eigenvalue weighted by atomic mass is 10.1. The summed E-state index contributed by atoms with van der Waals surface area (Å²) in [4.78, 5) is 12.1. The normalized spacial score (nSPS) is 11.5. The SMILES string of the molecule is N#Cc1ccc(Cl)c(NC(=O)C(S)Cc2ccccc2)c1. The molecule has 2 aromatic rings. The molecule has 3 nitrogen and oxygen atoms in total. The number of nitriles is 1. The van der Waals surface area contributed by atoms with Gasteiger partial charge in [-0.3, -0.25) is 4.79 Å². The van der Waals surface area contributed by atoms with Gasteiger partial charge in [0.15, 0.2) is 0 Å². The van der Waals surface area contributed by atoms with Crippen LogP contribution >= 0.6 is 24.2 Å². The second-order valence-corrected chi connectivity index (χ2v) is 5.53. The molecule has 2 rings (SSSR count). The van der Waals surface area contributed by atoms with Crippen molar-refractivity contribution in [2.75, 3.05) is 5.32 Å². The minimum atomic E-state index is -0.491. The van der Waals surface area contributed by atoms with Crippen LogP contribution in [0.15, 0.2) is 48.5 Å². The second kappa shape index (κ2) is 7.16. The van der Waals surface area contributed by atoms with E-state index < -0.39 is 5.25 Å². The number of rotatable bonds is 4. The summed E-state index contributed by atoms with van der Waals surface area (Å²) >= 11 is 10.3. The Morgan fingerprint density at radius 1 is 1.29 bits per heavy atom. The number of halogens is 1. The number of amides is 1. The fourth-order valence-electron chi connectivity index (χ4n) is 1.84. The van der Waals surface area contributed by atoms with Crippen molar-refractivity contribution < 1.29 is 4.79 Å². The van der Waals surface area contributed by atoms with Crippen LogP contribution in [0.4, 0.5) is 5.69 Å². The Labute approximate surface area is 134 Å². The number of hydrogen-bond donors (Lipinski definition) is 2. The fraction of sp³-hybridized carbons (Fsp3) is 0.125. The van der Waals surface area contributed by atoms with E-state index in [0.29, 0.717) is 22.7 Å². The van der Waals surface area contributed by atoms with Gasteiger partial charge in [0.05, 0.1) is 27.6 Å². The zero-order chi connectivity index (χ0) is 15.2. The lowest BCUT2D eigenvalue weighted by Crippen LogP contribution is -2.25.